The van der Waals surface area contributed by atoms with Crippen molar-refractivity contribution in [1.82, 2.24) is 11.5 Å². The second kappa shape index (κ2) is 29.6. The van der Waals surface area contributed by atoms with E-state index in [9.17, 15) is 0 Å². The van der Waals surface area contributed by atoms with Crippen LogP contribution in [-0.2, 0) is 0 Å². The molecule has 0 bridgehead atoms. The van der Waals surface area contributed by atoms with Crippen molar-refractivity contribution >= 4 is 24.8 Å². The van der Waals surface area contributed by atoms with Gasteiger partial charge in [0.25, 0.3) is 0 Å². The minimum atomic E-state index is 0. The predicted molar refractivity (Wildman–Crippen MR) is 125 cm³/mol. The molecule has 0 atom stereocenters. The molecule has 5 heteroatoms. The first-order valence-corrected chi connectivity index (χ1v) is 10.5. The van der Waals surface area contributed by atoms with E-state index in [1.54, 1.807) is 0 Å². The van der Waals surface area contributed by atoms with E-state index in [0.717, 1.165) is 12.4 Å². The summed E-state index contributed by atoms with van der Waals surface area (Å²) >= 11 is 0. The minimum Gasteiger partial charge on any atom is -0.386 e. The van der Waals surface area contributed by atoms with E-state index in [1.165, 1.54) is 103 Å². The number of allylic oxidation sites excluding steroid dienone is 1. The van der Waals surface area contributed by atoms with Crippen LogP contribution in [0.25, 0.3) is 0 Å². The quantitative estimate of drug-likeness (QED) is 0.202. The van der Waals surface area contributed by atoms with Gasteiger partial charge in [0.15, 0.2) is 0 Å². The molecule has 6 N–H and O–H groups in total. The van der Waals surface area contributed by atoms with Crippen LogP contribution in [0.2, 0.25) is 0 Å². The molecule has 0 aromatic heterocycles. The van der Waals surface area contributed by atoms with Gasteiger partial charge in [0.05, 0.1) is 5.82 Å². The lowest BCUT2D eigenvalue weighted by atomic mass is 10.0. The maximum absolute atomic E-state index is 5.69. The van der Waals surface area contributed by atoms with Gasteiger partial charge in [-0.1, -0.05) is 103 Å². The number of nitrogens with one attached hydrogen (secondary N) is 1. The fourth-order valence-electron chi connectivity index (χ4n) is 3.01. The van der Waals surface area contributed by atoms with E-state index < -0.39 is 0 Å². The van der Waals surface area contributed by atoms with Crippen molar-refractivity contribution in [2.24, 2.45) is 5.73 Å². The van der Waals surface area contributed by atoms with Gasteiger partial charge in [-0.3, -0.25) is 0 Å². The molecular formula is C21H49Cl2N3. The Hall–Kier alpha value is -0.120. The van der Waals surface area contributed by atoms with Crippen LogP contribution in [0, 0.1) is 0 Å². The molecule has 0 saturated heterocycles. The monoisotopic (exact) mass is 413 g/mol. The molecule has 26 heavy (non-hydrogen) atoms. The summed E-state index contributed by atoms with van der Waals surface area (Å²) in [7, 11) is 0. The Morgan fingerprint density at radius 3 is 1.27 bits per heavy atom. The van der Waals surface area contributed by atoms with Gasteiger partial charge < -0.3 is 17.2 Å². The average molecular weight is 415 g/mol. The lowest BCUT2D eigenvalue weighted by Crippen LogP contribution is -2.20. The van der Waals surface area contributed by atoms with Gasteiger partial charge in [-0.05, 0) is 19.4 Å². The molecule has 0 heterocycles. The average Bonchev–Trinajstić information content (AvgIpc) is 2.57. The van der Waals surface area contributed by atoms with E-state index in [0.29, 0.717) is 0 Å². The summed E-state index contributed by atoms with van der Waals surface area (Å²) in [5.41, 5.74) is 5.69. The Morgan fingerprint density at radius 1 is 0.654 bits per heavy atom. The highest BCUT2D eigenvalue weighted by molar-refractivity contribution is 5.85. The summed E-state index contributed by atoms with van der Waals surface area (Å²) in [6.07, 6.45) is 24.7. The van der Waals surface area contributed by atoms with Crippen molar-refractivity contribution in [2.75, 3.05) is 6.54 Å². The molecule has 0 fully saturated rings. The largest absolute Gasteiger partial charge is 0.386 e. The van der Waals surface area contributed by atoms with Crippen LogP contribution < -0.4 is 17.2 Å². The van der Waals surface area contributed by atoms with Crippen molar-refractivity contribution in [3.63, 3.8) is 0 Å². The maximum Gasteiger partial charge on any atom is 0.0916 e. The highest BCUT2D eigenvalue weighted by Gasteiger charge is 1.94. The standard InChI is InChI=1S/C21H44N2.2ClH.H3N/c1-3-5-6-7-8-9-10-11-12-13-14-15-16-17-18-19-20-23-21(22)4-2;;;/h4,23H,3,5-20,22H2,1-2H3;2*1H;1H3. The number of halogens is 2. The smallest absolute Gasteiger partial charge is 0.0916 e. The molecule has 0 aromatic rings. The maximum atomic E-state index is 5.69. The summed E-state index contributed by atoms with van der Waals surface area (Å²) in [6.45, 7) is 5.28. The van der Waals surface area contributed by atoms with Crippen LogP contribution in [0.1, 0.15) is 117 Å². The van der Waals surface area contributed by atoms with Gasteiger partial charge in [-0.25, -0.2) is 0 Å². The molecule has 0 saturated carbocycles. The molecule has 0 aliphatic rings. The molecule has 0 aliphatic carbocycles. The summed E-state index contributed by atoms with van der Waals surface area (Å²) in [5.74, 6) is 0.811. The lowest BCUT2D eigenvalue weighted by Gasteiger charge is -2.06. The molecule has 0 amide bonds. The first kappa shape index (κ1) is 33.5. The predicted octanol–water partition coefficient (Wildman–Crippen LogP) is 7.66. The Bertz CT molecular complexity index is 262. The first-order chi connectivity index (χ1) is 11.3. The van der Waals surface area contributed by atoms with Crippen molar-refractivity contribution in [3.8, 4) is 0 Å². The van der Waals surface area contributed by atoms with Gasteiger partial charge in [0.2, 0.25) is 0 Å². The Kier molecular flexibility index (Phi) is 38.1. The van der Waals surface area contributed by atoms with E-state index in [4.69, 9.17) is 5.73 Å². The highest BCUT2D eigenvalue weighted by Crippen LogP contribution is 2.13. The zero-order valence-corrected chi connectivity index (χ0v) is 19.3. The van der Waals surface area contributed by atoms with Crippen molar-refractivity contribution in [1.29, 1.82) is 0 Å². The van der Waals surface area contributed by atoms with Crippen LogP contribution in [0.3, 0.4) is 0 Å². The Balaban J connectivity index is -0.000000807. The van der Waals surface area contributed by atoms with Crippen LogP contribution in [0.15, 0.2) is 11.9 Å². The normalized spacial score (nSPS) is 10.5. The molecule has 0 radical (unpaired) electrons. The van der Waals surface area contributed by atoms with Gasteiger partial charge in [-0.15, -0.1) is 24.8 Å². The van der Waals surface area contributed by atoms with Crippen molar-refractivity contribution in [3.05, 3.63) is 11.9 Å². The molecule has 0 rings (SSSR count). The molecule has 3 nitrogen and oxygen atoms in total. The van der Waals surface area contributed by atoms with Gasteiger partial charge in [-0.2, -0.15) is 0 Å². The summed E-state index contributed by atoms with van der Waals surface area (Å²) < 4.78 is 0. The summed E-state index contributed by atoms with van der Waals surface area (Å²) in [4.78, 5) is 0. The zero-order chi connectivity index (χ0) is 17.0. The number of hydrogen-bond acceptors (Lipinski definition) is 3. The van der Waals surface area contributed by atoms with Gasteiger partial charge in [0.1, 0.15) is 0 Å². The zero-order valence-electron chi connectivity index (χ0n) is 17.7. The third kappa shape index (κ3) is 28.7. The third-order valence-corrected chi connectivity index (χ3v) is 4.67. The van der Waals surface area contributed by atoms with E-state index >= 15 is 0 Å². The topological polar surface area (TPSA) is 73.0 Å². The SMILES string of the molecule is CC=C(N)NCCCCCCCCCCCCCCCCCC.Cl.Cl.N. The van der Waals surface area contributed by atoms with Crippen LogP contribution >= 0.6 is 24.8 Å². The minimum absolute atomic E-state index is 0. The summed E-state index contributed by atoms with van der Waals surface area (Å²) in [5, 5.41) is 3.22. The number of rotatable bonds is 18. The number of hydrogen-bond donors (Lipinski definition) is 3. The lowest BCUT2D eigenvalue weighted by molar-refractivity contribution is 0.528. The van der Waals surface area contributed by atoms with Gasteiger partial charge in [0, 0.05) is 6.54 Å². The van der Waals surface area contributed by atoms with Gasteiger partial charge >= 0.3 is 0 Å². The Morgan fingerprint density at radius 2 is 0.962 bits per heavy atom. The van der Waals surface area contributed by atoms with Crippen LogP contribution in [0.5, 0.6) is 0 Å². The second-order valence-electron chi connectivity index (χ2n) is 6.97. The fraction of sp³-hybridized carbons (Fsp3) is 0.905. The van der Waals surface area contributed by atoms with Crippen LogP contribution in [-0.4, -0.2) is 6.54 Å². The fourth-order valence-corrected chi connectivity index (χ4v) is 3.01. The number of nitrogens with two attached hydrogens (primary N) is 1. The highest BCUT2D eigenvalue weighted by atomic mass is 35.5. The van der Waals surface area contributed by atoms with E-state index in [2.05, 4.69) is 12.2 Å². The first-order valence-electron chi connectivity index (χ1n) is 10.5. The molecular weight excluding hydrogens is 365 g/mol. The molecule has 0 spiro atoms. The molecule has 0 aliphatic heterocycles. The Labute approximate surface area is 177 Å². The number of unbranched alkanes of at least 4 members (excludes halogenated alkanes) is 15. The van der Waals surface area contributed by atoms with Crippen molar-refractivity contribution < 1.29 is 0 Å². The second-order valence-corrected chi connectivity index (χ2v) is 6.97. The summed E-state index contributed by atoms with van der Waals surface area (Å²) in [6, 6.07) is 0. The third-order valence-electron chi connectivity index (χ3n) is 4.67. The van der Waals surface area contributed by atoms with Crippen LogP contribution in [0.4, 0.5) is 0 Å². The van der Waals surface area contributed by atoms with Crippen molar-refractivity contribution in [2.45, 2.75) is 117 Å². The van der Waals surface area contributed by atoms with E-state index in [1.807, 2.05) is 13.0 Å². The molecule has 0 aromatic carbocycles. The molecule has 0 unspecified atom stereocenters. The molecule has 162 valence electrons. The van der Waals surface area contributed by atoms with E-state index in [-0.39, 0.29) is 31.0 Å².